The van der Waals surface area contributed by atoms with Gasteiger partial charge in [-0.2, -0.15) is 0 Å². The molecule has 0 unspecified atom stereocenters. The van der Waals surface area contributed by atoms with Crippen LogP contribution >= 0.6 is 0 Å². The number of ether oxygens (including phenoxy) is 1. The van der Waals surface area contributed by atoms with Crippen molar-refractivity contribution in [3.05, 3.63) is 30.6 Å². The molecule has 1 aromatic heterocycles. The predicted molar refractivity (Wildman–Crippen MR) is 35.2 cm³/mol. The average Bonchev–Trinajstić information content (AvgIpc) is 1.88. The van der Waals surface area contributed by atoms with E-state index in [1.165, 1.54) is 19.4 Å². The first-order chi connectivity index (χ1) is 4.74. The van der Waals surface area contributed by atoms with E-state index in [9.17, 15) is 4.39 Å². The Morgan fingerprint density at radius 2 is 2.40 bits per heavy atom. The van der Waals surface area contributed by atoms with Crippen LogP contribution in [0.15, 0.2) is 12.3 Å². The van der Waals surface area contributed by atoms with Crippen LogP contribution in [-0.2, 0) is 0 Å². The van der Waals surface area contributed by atoms with Crippen molar-refractivity contribution in [2.75, 3.05) is 7.11 Å². The second kappa shape index (κ2) is 2.64. The van der Waals surface area contributed by atoms with E-state index >= 15 is 0 Å². The number of methoxy groups -OCH3 is 1. The lowest BCUT2D eigenvalue weighted by atomic mass is 10.3. The number of hydrogen-bond donors (Lipinski definition) is 0. The normalized spacial score (nSPS) is 9.50. The van der Waals surface area contributed by atoms with Crippen LogP contribution in [0.25, 0.3) is 0 Å². The number of aromatic nitrogens is 1. The van der Waals surface area contributed by atoms with E-state index in [1.807, 2.05) is 0 Å². The number of hydrogen-bond acceptors (Lipinski definition) is 2. The largest absolute Gasteiger partial charge is 0.479 e. The van der Waals surface area contributed by atoms with Gasteiger partial charge in [-0.3, -0.25) is 0 Å². The van der Waals surface area contributed by atoms with E-state index in [1.54, 1.807) is 0 Å². The lowest BCUT2D eigenvalue weighted by Crippen LogP contribution is -1.91. The smallest absolute Gasteiger partial charge is 0.250 e. The SMILES string of the molecule is [CH2]c1cnc(OC)c(F)c1. The molecule has 1 radical (unpaired) electrons. The van der Waals surface area contributed by atoms with Crippen LogP contribution in [0.1, 0.15) is 5.56 Å². The molecule has 0 aliphatic rings. The van der Waals surface area contributed by atoms with Crippen LogP contribution < -0.4 is 4.74 Å². The fourth-order valence-corrected chi connectivity index (χ4v) is 0.615. The minimum atomic E-state index is -0.477. The van der Waals surface area contributed by atoms with E-state index in [-0.39, 0.29) is 5.88 Å². The first-order valence-corrected chi connectivity index (χ1v) is 2.75. The van der Waals surface area contributed by atoms with Crippen molar-refractivity contribution in [2.24, 2.45) is 0 Å². The molecule has 0 aliphatic carbocycles. The van der Waals surface area contributed by atoms with E-state index in [0.29, 0.717) is 5.56 Å². The third kappa shape index (κ3) is 1.23. The number of rotatable bonds is 1. The van der Waals surface area contributed by atoms with Gasteiger partial charge in [-0.05, 0) is 18.6 Å². The molecule has 0 aromatic carbocycles. The van der Waals surface area contributed by atoms with Gasteiger partial charge >= 0.3 is 0 Å². The molecule has 0 atom stereocenters. The molecule has 53 valence electrons. The molecule has 0 aliphatic heterocycles. The van der Waals surface area contributed by atoms with Crippen molar-refractivity contribution in [2.45, 2.75) is 0 Å². The van der Waals surface area contributed by atoms with Crippen molar-refractivity contribution in [3.8, 4) is 5.88 Å². The van der Waals surface area contributed by atoms with Gasteiger partial charge < -0.3 is 4.74 Å². The van der Waals surface area contributed by atoms with Gasteiger partial charge in [0, 0.05) is 6.20 Å². The summed E-state index contributed by atoms with van der Waals surface area (Å²) in [6.45, 7) is 3.50. The van der Waals surface area contributed by atoms with Gasteiger partial charge in [0.25, 0.3) is 0 Å². The Morgan fingerprint density at radius 1 is 1.70 bits per heavy atom. The maximum Gasteiger partial charge on any atom is 0.250 e. The van der Waals surface area contributed by atoms with Crippen LogP contribution in [0.2, 0.25) is 0 Å². The monoisotopic (exact) mass is 140 g/mol. The Balaban J connectivity index is 3.07. The third-order valence-corrected chi connectivity index (χ3v) is 1.06. The van der Waals surface area contributed by atoms with Crippen molar-refractivity contribution in [1.82, 2.24) is 4.98 Å². The highest BCUT2D eigenvalue weighted by atomic mass is 19.1. The molecule has 1 aromatic rings. The summed E-state index contributed by atoms with van der Waals surface area (Å²) in [5.74, 6) is -0.470. The summed E-state index contributed by atoms with van der Waals surface area (Å²) in [5.41, 5.74) is 0.540. The molecular weight excluding hydrogens is 133 g/mol. The van der Waals surface area contributed by atoms with E-state index in [2.05, 4.69) is 16.6 Å². The van der Waals surface area contributed by atoms with Gasteiger partial charge in [-0.15, -0.1) is 0 Å². The molecular formula is C7H7FNO. The summed E-state index contributed by atoms with van der Waals surface area (Å²) in [6, 6.07) is 1.27. The summed E-state index contributed by atoms with van der Waals surface area (Å²) < 4.78 is 17.2. The Morgan fingerprint density at radius 3 is 2.90 bits per heavy atom. The van der Waals surface area contributed by atoms with Gasteiger partial charge in [-0.1, -0.05) is 0 Å². The fourth-order valence-electron chi connectivity index (χ4n) is 0.615. The predicted octanol–water partition coefficient (Wildman–Crippen LogP) is 1.41. The lowest BCUT2D eigenvalue weighted by molar-refractivity contribution is 0.369. The average molecular weight is 140 g/mol. The van der Waals surface area contributed by atoms with Gasteiger partial charge in [-0.25, -0.2) is 9.37 Å². The number of pyridine rings is 1. The number of nitrogens with zero attached hydrogens (tertiary/aromatic N) is 1. The van der Waals surface area contributed by atoms with Crippen molar-refractivity contribution in [1.29, 1.82) is 0 Å². The zero-order valence-electron chi connectivity index (χ0n) is 5.60. The molecule has 0 N–H and O–H groups in total. The molecule has 1 heterocycles. The zero-order valence-corrected chi connectivity index (χ0v) is 5.60. The first-order valence-electron chi connectivity index (χ1n) is 2.75. The lowest BCUT2D eigenvalue weighted by Gasteiger charge is -1.98. The van der Waals surface area contributed by atoms with Crippen LogP contribution in [0.5, 0.6) is 5.88 Å². The van der Waals surface area contributed by atoms with Gasteiger partial charge in [0.15, 0.2) is 5.82 Å². The summed E-state index contributed by atoms with van der Waals surface area (Å²) in [6.07, 6.45) is 1.45. The molecule has 10 heavy (non-hydrogen) atoms. The van der Waals surface area contributed by atoms with E-state index < -0.39 is 5.82 Å². The zero-order chi connectivity index (χ0) is 7.56. The van der Waals surface area contributed by atoms with Crippen molar-refractivity contribution >= 4 is 0 Å². The van der Waals surface area contributed by atoms with E-state index in [4.69, 9.17) is 0 Å². The quantitative estimate of drug-likeness (QED) is 0.588. The molecule has 3 heteroatoms. The third-order valence-electron chi connectivity index (χ3n) is 1.06. The van der Waals surface area contributed by atoms with Crippen molar-refractivity contribution < 1.29 is 9.13 Å². The Bertz CT molecular complexity index is 237. The first kappa shape index (κ1) is 6.99. The topological polar surface area (TPSA) is 22.1 Å². The molecule has 0 amide bonds. The van der Waals surface area contributed by atoms with Gasteiger partial charge in [0.05, 0.1) is 7.11 Å². The Kier molecular flexibility index (Phi) is 1.85. The second-order valence-electron chi connectivity index (χ2n) is 1.83. The molecule has 0 bridgehead atoms. The fraction of sp³-hybridized carbons (Fsp3) is 0.143. The van der Waals surface area contributed by atoms with Gasteiger partial charge in [0.1, 0.15) is 0 Å². The number of halogens is 1. The van der Waals surface area contributed by atoms with E-state index in [0.717, 1.165) is 0 Å². The van der Waals surface area contributed by atoms with Crippen molar-refractivity contribution in [3.63, 3.8) is 0 Å². The maximum atomic E-state index is 12.6. The minimum Gasteiger partial charge on any atom is -0.479 e. The molecule has 2 nitrogen and oxygen atoms in total. The Labute approximate surface area is 58.7 Å². The van der Waals surface area contributed by atoms with Crippen LogP contribution in [0, 0.1) is 12.7 Å². The highest BCUT2D eigenvalue weighted by Gasteiger charge is 2.01. The summed E-state index contributed by atoms with van der Waals surface area (Å²) in [7, 11) is 1.37. The maximum absolute atomic E-state index is 12.6. The second-order valence-corrected chi connectivity index (χ2v) is 1.83. The highest BCUT2D eigenvalue weighted by Crippen LogP contribution is 2.12. The summed E-state index contributed by atoms with van der Waals surface area (Å²) in [4.78, 5) is 3.64. The summed E-state index contributed by atoms with van der Waals surface area (Å²) >= 11 is 0. The minimum absolute atomic E-state index is 0.00685. The molecule has 0 spiro atoms. The van der Waals surface area contributed by atoms with Crippen LogP contribution in [0.3, 0.4) is 0 Å². The highest BCUT2D eigenvalue weighted by molar-refractivity contribution is 5.21. The van der Waals surface area contributed by atoms with Crippen LogP contribution in [0.4, 0.5) is 4.39 Å². The molecule has 0 saturated carbocycles. The van der Waals surface area contributed by atoms with Gasteiger partial charge in [0.2, 0.25) is 5.88 Å². The Hall–Kier alpha value is -1.12. The molecule has 0 saturated heterocycles. The molecule has 0 fully saturated rings. The van der Waals surface area contributed by atoms with Crippen LogP contribution in [-0.4, -0.2) is 12.1 Å². The summed E-state index contributed by atoms with van der Waals surface area (Å²) in [5, 5.41) is 0. The molecule has 1 rings (SSSR count). The standard InChI is InChI=1S/C7H7FNO/c1-5-3-6(8)7(10-2)9-4-5/h3-4H,1H2,2H3.